The maximum absolute atomic E-state index is 11.1. The standard InChI is InChI=1S/C13H20N2O3/c1-4-10(3)14(5-2)12-7-6-11(9-16)8-13(12)15(17)18/h6-8,10,16H,4-5,9H2,1-3H3. The molecule has 0 fully saturated rings. The topological polar surface area (TPSA) is 66.6 Å². The van der Waals surface area contributed by atoms with Gasteiger partial charge in [0.05, 0.1) is 11.5 Å². The molecular formula is C13H20N2O3. The summed E-state index contributed by atoms with van der Waals surface area (Å²) < 4.78 is 0. The van der Waals surface area contributed by atoms with Crippen LogP contribution in [0.15, 0.2) is 18.2 Å². The highest BCUT2D eigenvalue weighted by molar-refractivity contribution is 5.64. The largest absolute Gasteiger partial charge is 0.392 e. The number of hydrogen-bond acceptors (Lipinski definition) is 4. The monoisotopic (exact) mass is 252 g/mol. The summed E-state index contributed by atoms with van der Waals surface area (Å²) in [5.41, 5.74) is 1.24. The highest BCUT2D eigenvalue weighted by Crippen LogP contribution is 2.31. The molecule has 0 saturated heterocycles. The summed E-state index contributed by atoms with van der Waals surface area (Å²) in [6.45, 7) is 6.62. The van der Waals surface area contributed by atoms with Crippen LogP contribution < -0.4 is 4.90 Å². The summed E-state index contributed by atoms with van der Waals surface area (Å²) in [4.78, 5) is 12.7. The zero-order valence-corrected chi connectivity index (χ0v) is 11.1. The van der Waals surface area contributed by atoms with Crippen molar-refractivity contribution in [3.8, 4) is 0 Å². The molecule has 100 valence electrons. The van der Waals surface area contributed by atoms with Crippen molar-refractivity contribution in [2.75, 3.05) is 11.4 Å². The molecule has 0 heterocycles. The first kappa shape index (κ1) is 14.4. The van der Waals surface area contributed by atoms with E-state index in [1.54, 1.807) is 12.1 Å². The highest BCUT2D eigenvalue weighted by Gasteiger charge is 2.21. The SMILES string of the molecule is CCC(C)N(CC)c1ccc(CO)cc1[N+](=O)[O-]. The van der Waals surface area contributed by atoms with Crippen molar-refractivity contribution < 1.29 is 10.0 Å². The van der Waals surface area contributed by atoms with Crippen molar-refractivity contribution in [1.82, 2.24) is 0 Å². The van der Waals surface area contributed by atoms with Crippen LogP contribution in [0.1, 0.15) is 32.8 Å². The van der Waals surface area contributed by atoms with Crippen LogP contribution in [-0.4, -0.2) is 22.6 Å². The van der Waals surface area contributed by atoms with Crippen LogP contribution in [-0.2, 0) is 6.61 Å². The van der Waals surface area contributed by atoms with Gasteiger partial charge in [-0.15, -0.1) is 0 Å². The smallest absolute Gasteiger partial charge is 0.292 e. The lowest BCUT2D eigenvalue weighted by molar-refractivity contribution is -0.384. The van der Waals surface area contributed by atoms with Gasteiger partial charge in [-0.25, -0.2) is 0 Å². The van der Waals surface area contributed by atoms with Gasteiger partial charge in [0.1, 0.15) is 5.69 Å². The molecule has 18 heavy (non-hydrogen) atoms. The number of aliphatic hydroxyl groups is 1. The number of benzene rings is 1. The van der Waals surface area contributed by atoms with Crippen LogP contribution in [0.2, 0.25) is 0 Å². The fourth-order valence-corrected chi connectivity index (χ4v) is 2.00. The van der Waals surface area contributed by atoms with Crippen LogP contribution in [0, 0.1) is 10.1 Å². The Kier molecular flexibility index (Phi) is 5.09. The number of rotatable bonds is 6. The van der Waals surface area contributed by atoms with E-state index in [1.165, 1.54) is 6.07 Å². The molecule has 1 N–H and O–H groups in total. The van der Waals surface area contributed by atoms with Crippen LogP contribution in [0.4, 0.5) is 11.4 Å². The first-order valence-corrected chi connectivity index (χ1v) is 6.19. The zero-order valence-electron chi connectivity index (χ0n) is 11.1. The number of hydrogen-bond donors (Lipinski definition) is 1. The molecule has 1 unspecified atom stereocenters. The average Bonchev–Trinajstić information content (AvgIpc) is 2.39. The van der Waals surface area contributed by atoms with E-state index >= 15 is 0 Å². The molecule has 0 aromatic heterocycles. The van der Waals surface area contributed by atoms with Crippen molar-refractivity contribution in [2.45, 2.75) is 39.8 Å². The van der Waals surface area contributed by atoms with Gasteiger partial charge in [0.15, 0.2) is 0 Å². The Morgan fingerprint density at radius 1 is 1.44 bits per heavy atom. The lowest BCUT2D eigenvalue weighted by Crippen LogP contribution is -2.32. The van der Waals surface area contributed by atoms with Crippen molar-refractivity contribution in [3.05, 3.63) is 33.9 Å². The minimum absolute atomic E-state index is 0.0590. The minimum atomic E-state index is -0.389. The Morgan fingerprint density at radius 2 is 2.11 bits per heavy atom. The Labute approximate surface area is 107 Å². The van der Waals surface area contributed by atoms with Crippen LogP contribution in [0.25, 0.3) is 0 Å². The van der Waals surface area contributed by atoms with Gasteiger partial charge in [-0.3, -0.25) is 10.1 Å². The first-order chi connectivity index (χ1) is 8.54. The normalized spacial score (nSPS) is 12.2. The Bertz CT molecular complexity index is 421. The van der Waals surface area contributed by atoms with Crippen molar-refractivity contribution >= 4 is 11.4 Å². The van der Waals surface area contributed by atoms with Gasteiger partial charge in [-0.2, -0.15) is 0 Å². The highest BCUT2D eigenvalue weighted by atomic mass is 16.6. The minimum Gasteiger partial charge on any atom is -0.392 e. The van der Waals surface area contributed by atoms with Crippen LogP contribution >= 0.6 is 0 Å². The van der Waals surface area contributed by atoms with Gasteiger partial charge in [0.2, 0.25) is 0 Å². The van der Waals surface area contributed by atoms with Gasteiger partial charge < -0.3 is 10.0 Å². The summed E-state index contributed by atoms with van der Waals surface area (Å²) in [6, 6.07) is 5.14. The fraction of sp³-hybridized carbons (Fsp3) is 0.538. The van der Waals surface area contributed by atoms with E-state index < -0.39 is 0 Å². The summed E-state index contributed by atoms with van der Waals surface area (Å²) in [7, 11) is 0. The molecule has 5 nitrogen and oxygen atoms in total. The van der Waals surface area contributed by atoms with E-state index in [0.717, 1.165) is 6.42 Å². The molecule has 0 saturated carbocycles. The number of nitrogens with zero attached hydrogens (tertiary/aromatic N) is 2. The summed E-state index contributed by atoms with van der Waals surface area (Å²) in [5, 5.41) is 20.2. The summed E-state index contributed by atoms with van der Waals surface area (Å²) in [6.07, 6.45) is 0.923. The number of nitro benzene ring substituents is 1. The molecule has 5 heteroatoms. The van der Waals surface area contributed by atoms with E-state index in [0.29, 0.717) is 17.8 Å². The molecule has 1 atom stereocenters. The Hall–Kier alpha value is -1.62. The molecule has 0 spiro atoms. The van der Waals surface area contributed by atoms with E-state index in [9.17, 15) is 10.1 Å². The predicted molar refractivity (Wildman–Crippen MR) is 71.8 cm³/mol. The number of aliphatic hydroxyl groups excluding tert-OH is 1. The lowest BCUT2D eigenvalue weighted by atomic mass is 10.1. The molecule has 1 aromatic rings. The van der Waals surface area contributed by atoms with Crippen molar-refractivity contribution in [3.63, 3.8) is 0 Å². The molecule has 0 aliphatic rings. The molecule has 0 aliphatic heterocycles. The van der Waals surface area contributed by atoms with Crippen molar-refractivity contribution in [1.29, 1.82) is 0 Å². The predicted octanol–water partition coefficient (Wildman–Crippen LogP) is 2.71. The second-order valence-electron chi connectivity index (χ2n) is 4.28. The molecule has 0 amide bonds. The van der Waals surface area contributed by atoms with Gasteiger partial charge in [-0.1, -0.05) is 13.0 Å². The van der Waals surface area contributed by atoms with Crippen LogP contribution in [0.5, 0.6) is 0 Å². The maximum atomic E-state index is 11.1. The van der Waals surface area contributed by atoms with E-state index in [4.69, 9.17) is 5.11 Å². The summed E-state index contributed by atoms with van der Waals surface area (Å²) >= 11 is 0. The zero-order chi connectivity index (χ0) is 13.7. The Balaban J connectivity index is 3.25. The number of nitro groups is 1. The van der Waals surface area contributed by atoms with Gasteiger partial charge in [-0.05, 0) is 31.9 Å². The fourth-order valence-electron chi connectivity index (χ4n) is 2.00. The quantitative estimate of drug-likeness (QED) is 0.624. The summed E-state index contributed by atoms with van der Waals surface area (Å²) in [5.74, 6) is 0. The van der Waals surface area contributed by atoms with E-state index in [-0.39, 0.29) is 23.3 Å². The Morgan fingerprint density at radius 3 is 2.56 bits per heavy atom. The van der Waals surface area contributed by atoms with Crippen molar-refractivity contribution in [2.24, 2.45) is 0 Å². The maximum Gasteiger partial charge on any atom is 0.292 e. The molecule has 1 rings (SSSR count). The third-order valence-electron chi connectivity index (χ3n) is 3.19. The second kappa shape index (κ2) is 6.35. The molecule has 0 aliphatic carbocycles. The molecular weight excluding hydrogens is 232 g/mol. The molecule has 0 bridgehead atoms. The average molecular weight is 252 g/mol. The van der Waals surface area contributed by atoms with Gasteiger partial charge >= 0.3 is 0 Å². The van der Waals surface area contributed by atoms with Gasteiger partial charge in [0.25, 0.3) is 5.69 Å². The third kappa shape index (κ3) is 2.98. The van der Waals surface area contributed by atoms with E-state index in [2.05, 4.69) is 6.92 Å². The molecule has 1 aromatic carbocycles. The lowest BCUT2D eigenvalue weighted by Gasteiger charge is -2.29. The van der Waals surface area contributed by atoms with E-state index in [1.807, 2.05) is 18.7 Å². The first-order valence-electron chi connectivity index (χ1n) is 6.19. The third-order valence-corrected chi connectivity index (χ3v) is 3.19. The van der Waals surface area contributed by atoms with Crippen LogP contribution in [0.3, 0.4) is 0 Å². The number of anilines is 1. The van der Waals surface area contributed by atoms with Gasteiger partial charge in [0, 0.05) is 18.7 Å². The second-order valence-corrected chi connectivity index (χ2v) is 4.28. The molecule has 0 radical (unpaired) electrons.